The molecule has 3 heteroatoms. The normalized spacial score (nSPS) is 21.3. The van der Waals surface area contributed by atoms with E-state index in [9.17, 15) is 0 Å². The minimum Gasteiger partial charge on any atom is -0.493 e. The molecule has 0 radical (unpaired) electrons. The maximum atomic E-state index is 6.25. The third-order valence-corrected chi connectivity index (χ3v) is 4.53. The van der Waals surface area contributed by atoms with Crippen molar-refractivity contribution in [1.82, 2.24) is 5.32 Å². The Labute approximate surface area is 114 Å². The first-order valence-corrected chi connectivity index (χ1v) is 7.21. The fraction of sp³-hybridized carbons (Fsp3) is 0.600. The van der Waals surface area contributed by atoms with Crippen LogP contribution in [0, 0.1) is 11.8 Å². The molecule has 1 saturated carbocycles. The number of ether oxygens (including phenoxy) is 1. The van der Waals surface area contributed by atoms with Crippen LogP contribution < -0.4 is 10.1 Å². The van der Waals surface area contributed by atoms with Crippen LogP contribution in [0.5, 0.6) is 5.75 Å². The van der Waals surface area contributed by atoms with Gasteiger partial charge in [-0.15, -0.1) is 0 Å². The first-order valence-electron chi connectivity index (χ1n) is 6.83. The average Bonchev–Trinajstić information content (AvgIpc) is 3.09. The maximum absolute atomic E-state index is 6.25. The highest BCUT2D eigenvalue weighted by molar-refractivity contribution is 6.30. The van der Waals surface area contributed by atoms with Crippen LogP contribution >= 0.6 is 11.6 Å². The first-order chi connectivity index (χ1) is 8.70. The standard InChI is InChI=1S/C15H20ClNO/c1-9(10-3-4-10)14(17-2)13-8-12(16)7-11-5-6-18-15(11)13/h7-10,14,17H,3-6H2,1-2H3. The predicted molar refractivity (Wildman–Crippen MR) is 74.3 cm³/mol. The van der Waals surface area contributed by atoms with Gasteiger partial charge in [0.05, 0.1) is 6.61 Å². The Balaban J connectivity index is 1.98. The first kappa shape index (κ1) is 12.3. The highest BCUT2D eigenvalue weighted by atomic mass is 35.5. The summed E-state index contributed by atoms with van der Waals surface area (Å²) in [6.07, 6.45) is 3.71. The molecule has 2 aliphatic rings. The number of fused-ring (bicyclic) bond motifs is 1. The molecule has 1 aliphatic carbocycles. The molecule has 1 heterocycles. The molecule has 2 nitrogen and oxygen atoms in total. The highest BCUT2D eigenvalue weighted by Crippen LogP contribution is 2.46. The van der Waals surface area contributed by atoms with Crippen LogP contribution in [-0.4, -0.2) is 13.7 Å². The predicted octanol–water partition coefficient (Wildman–Crippen LogP) is 3.58. The lowest BCUT2D eigenvalue weighted by atomic mass is 9.89. The quantitative estimate of drug-likeness (QED) is 0.899. The second-order valence-electron chi connectivity index (χ2n) is 5.54. The van der Waals surface area contributed by atoms with Gasteiger partial charge >= 0.3 is 0 Å². The van der Waals surface area contributed by atoms with Crippen LogP contribution in [0.1, 0.15) is 36.9 Å². The van der Waals surface area contributed by atoms with Gasteiger partial charge in [0.25, 0.3) is 0 Å². The summed E-state index contributed by atoms with van der Waals surface area (Å²) in [5.74, 6) is 2.58. The summed E-state index contributed by atoms with van der Waals surface area (Å²) in [7, 11) is 2.03. The summed E-state index contributed by atoms with van der Waals surface area (Å²) in [5, 5.41) is 4.29. The second-order valence-corrected chi connectivity index (χ2v) is 5.98. The summed E-state index contributed by atoms with van der Waals surface area (Å²) >= 11 is 6.25. The van der Waals surface area contributed by atoms with Crippen molar-refractivity contribution in [3.8, 4) is 5.75 Å². The molecular formula is C15H20ClNO. The van der Waals surface area contributed by atoms with Crippen molar-refractivity contribution in [2.45, 2.75) is 32.2 Å². The van der Waals surface area contributed by atoms with E-state index in [4.69, 9.17) is 16.3 Å². The molecule has 0 bridgehead atoms. The number of rotatable bonds is 4. The van der Waals surface area contributed by atoms with Gasteiger partial charge in [-0.2, -0.15) is 0 Å². The fourth-order valence-corrected chi connectivity index (χ4v) is 3.37. The molecular weight excluding hydrogens is 246 g/mol. The molecule has 1 N–H and O–H groups in total. The Morgan fingerprint density at radius 3 is 2.83 bits per heavy atom. The lowest BCUT2D eigenvalue weighted by Crippen LogP contribution is -2.25. The van der Waals surface area contributed by atoms with Crippen molar-refractivity contribution < 1.29 is 4.74 Å². The van der Waals surface area contributed by atoms with Crippen LogP contribution in [0.15, 0.2) is 12.1 Å². The number of benzene rings is 1. The molecule has 0 spiro atoms. The van der Waals surface area contributed by atoms with Crippen LogP contribution in [0.25, 0.3) is 0 Å². The maximum Gasteiger partial charge on any atom is 0.127 e. The van der Waals surface area contributed by atoms with Crippen molar-refractivity contribution in [2.75, 3.05) is 13.7 Å². The zero-order valence-electron chi connectivity index (χ0n) is 11.0. The zero-order chi connectivity index (χ0) is 12.7. The topological polar surface area (TPSA) is 21.3 Å². The number of hydrogen-bond acceptors (Lipinski definition) is 2. The van der Waals surface area contributed by atoms with Crippen molar-refractivity contribution in [3.05, 3.63) is 28.3 Å². The Bertz CT molecular complexity index is 456. The molecule has 0 aromatic heterocycles. The van der Waals surface area contributed by atoms with E-state index in [-0.39, 0.29) is 0 Å². The van der Waals surface area contributed by atoms with Crippen LogP contribution in [0.3, 0.4) is 0 Å². The third-order valence-electron chi connectivity index (χ3n) is 4.31. The Hall–Kier alpha value is -0.730. The van der Waals surface area contributed by atoms with Crippen LogP contribution in [-0.2, 0) is 6.42 Å². The van der Waals surface area contributed by atoms with E-state index in [1.165, 1.54) is 24.0 Å². The van der Waals surface area contributed by atoms with Crippen LogP contribution in [0.2, 0.25) is 5.02 Å². The molecule has 1 fully saturated rings. The van der Waals surface area contributed by atoms with Gasteiger partial charge in [0.15, 0.2) is 0 Å². The molecule has 1 aromatic rings. The number of halogens is 1. The van der Waals surface area contributed by atoms with E-state index in [0.717, 1.165) is 29.7 Å². The summed E-state index contributed by atoms with van der Waals surface area (Å²) in [6.45, 7) is 3.12. The van der Waals surface area contributed by atoms with Gasteiger partial charge in [-0.25, -0.2) is 0 Å². The van der Waals surface area contributed by atoms with E-state index in [1.54, 1.807) is 0 Å². The Kier molecular flexibility index (Phi) is 3.25. The molecule has 0 saturated heterocycles. The Morgan fingerprint density at radius 1 is 1.39 bits per heavy atom. The number of hydrogen-bond donors (Lipinski definition) is 1. The minimum atomic E-state index is 0.350. The monoisotopic (exact) mass is 265 g/mol. The molecule has 2 atom stereocenters. The van der Waals surface area contributed by atoms with Gasteiger partial charge in [-0.05, 0) is 49.4 Å². The highest BCUT2D eigenvalue weighted by Gasteiger charge is 2.35. The fourth-order valence-electron chi connectivity index (χ4n) is 3.12. The van der Waals surface area contributed by atoms with Crippen molar-refractivity contribution in [3.63, 3.8) is 0 Å². The SMILES string of the molecule is CNC(c1cc(Cl)cc2c1OCC2)C(C)C1CC1. The molecule has 2 unspecified atom stereocenters. The summed E-state index contributed by atoms with van der Waals surface area (Å²) < 4.78 is 5.82. The minimum absolute atomic E-state index is 0.350. The molecule has 18 heavy (non-hydrogen) atoms. The lowest BCUT2D eigenvalue weighted by molar-refractivity contribution is 0.327. The third kappa shape index (κ3) is 2.12. The molecule has 1 aromatic carbocycles. The molecule has 0 amide bonds. The van der Waals surface area contributed by atoms with Crippen LogP contribution in [0.4, 0.5) is 0 Å². The largest absolute Gasteiger partial charge is 0.493 e. The summed E-state index contributed by atoms with van der Waals surface area (Å²) in [4.78, 5) is 0. The van der Waals surface area contributed by atoms with Crippen molar-refractivity contribution in [1.29, 1.82) is 0 Å². The van der Waals surface area contributed by atoms with Gasteiger partial charge in [0.1, 0.15) is 5.75 Å². The Morgan fingerprint density at radius 2 is 2.17 bits per heavy atom. The molecule has 98 valence electrons. The smallest absolute Gasteiger partial charge is 0.127 e. The summed E-state index contributed by atoms with van der Waals surface area (Å²) in [5.41, 5.74) is 2.51. The van der Waals surface area contributed by atoms with Gasteiger partial charge in [-0.1, -0.05) is 18.5 Å². The van der Waals surface area contributed by atoms with E-state index >= 15 is 0 Å². The van der Waals surface area contributed by atoms with Crippen molar-refractivity contribution >= 4 is 11.6 Å². The van der Waals surface area contributed by atoms with Crippen molar-refractivity contribution in [2.24, 2.45) is 11.8 Å². The lowest BCUT2D eigenvalue weighted by Gasteiger charge is -2.25. The van der Waals surface area contributed by atoms with E-state index < -0.39 is 0 Å². The molecule has 1 aliphatic heterocycles. The van der Waals surface area contributed by atoms with E-state index in [2.05, 4.69) is 18.3 Å². The van der Waals surface area contributed by atoms with Gasteiger partial charge in [0, 0.05) is 23.0 Å². The average molecular weight is 266 g/mol. The van der Waals surface area contributed by atoms with E-state index in [0.29, 0.717) is 12.0 Å². The van der Waals surface area contributed by atoms with Gasteiger partial charge < -0.3 is 10.1 Å². The number of nitrogens with one attached hydrogen (secondary N) is 1. The second kappa shape index (κ2) is 4.75. The zero-order valence-corrected chi connectivity index (χ0v) is 11.8. The summed E-state index contributed by atoms with van der Waals surface area (Å²) in [6, 6.07) is 4.47. The van der Waals surface area contributed by atoms with Gasteiger partial charge in [-0.3, -0.25) is 0 Å². The van der Waals surface area contributed by atoms with Gasteiger partial charge in [0.2, 0.25) is 0 Å². The van der Waals surface area contributed by atoms with E-state index in [1.807, 2.05) is 13.1 Å². The molecule has 3 rings (SSSR count).